The number of hydrogen-bond donors (Lipinski definition) is 0. The fourth-order valence-electron chi connectivity index (χ4n) is 5.05. The van der Waals surface area contributed by atoms with E-state index in [0.29, 0.717) is 28.7 Å². The SMILES string of the molecule is CC(C)c1cccc(C(C)C)c1N1CCN(c2c(C(C)C)cccc2C(C)C)C1.Cl.Cl.Clc1cccnc1.[Pd]. The van der Waals surface area contributed by atoms with Crippen molar-refractivity contribution in [3.05, 3.63) is 88.2 Å². The number of halogens is 3. The van der Waals surface area contributed by atoms with E-state index in [1.807, 2.05) is 0 Å². The molecular formula is C32H46Cl3N3Pd. The zero-order chi connectivity index (χ0) is 26.4. The number of rotatable bonds is 6. The van der Waals surface area contributed by atoms with Crippen molar-refractivity contribution in [2.45, 2.75) is 79.1 Å². The number of hydrogen-bond acceptors (Lipinski definition) is 3. The van der Waals surface area contributed by atoms with Crippen LogP contribution < -0.4 is 9.80 Å². The summed E-state index contributed by atoms with van der Waals surface area (Å²) in [5, 5.41) is 0.683. The van der Waals surface area contributed by atoms with Crippen molar-refractivity contribution in [3.8, 4) is 0 Å². The molecule has 0 atom stereocenters. The van der Waals surface area contributed by atoms with Crippen LogP contribution >= 0.6 is 36.4 Å². The molecule has 1 aliphatic heterocycles. The molecule has 2 heterocycles. The first kappa shape index (κ1) is 37.7. The van der Waals surface area contributed by atoms with Gasteiger partial charge in [0, 0.05) is 57.3 Å². The number of para-hydroxylation sites is 2. The molecule has 39 heavy (non-hydrogen) atoms. The molecule has 7 heteroatoms. The van der Waals surface area contributed by atoms with Crippen LogP contribution in [-0.4, -0.2) is 24.7 Å². The van der Waals surface area contributed by atoms with Crippen molar-refractivity contribution in [1.29, 1.82) is 0 Å². The van der Waals surface area contributed by atoms with Gasteiger partial charge < -0.3 is 9.80 Å². The minimum Gasteiger partial charge on any atom is -0.352 e. The third kappa shape index (κ3) is 9.65. The van der Waals surface area contributed by atoms with Crippen molar-refractivity contribution in [2.24, 2.45) is 0 Å². The normalized spacial score (nSPS) is 12.6. The number of pyridine rings is 1. The van der Waals surface area contributed by atoms with Crippen molar-refractivity contribution < 1.29 is 20.4 Å². The molecule has 3 nitrogen and oxygen atoms in total. The Labute approximate surface area is 268 Å². The standard InChI is InChI=1S/C27H40N2.C5H4ClN.2ClH.Pd/c1-18(2)22-11-9-12-23(19(3)4)26(22)28-15-16-29(17-28)27-24(20(5)6)13-10-14-25(27)21(7)8;6-5-2-1-3-7-4-5;;;/h9-14,18-21H,15-17H2,1-8H3;1-4H;2*1H;. The summed E-state index contributed by atoms with van der Waals surface area (Å²) in [6, 6.07) is 17.4. The summed E-state index contributed by atoms with van der Waals surface area (Å²) >= 11 is 5.48. The molecule has 0 spiro atoms. The minimum absolute atomic E-state index is 0. The second-order valence-corrected chi connectivity index (χ2v) is 11.5. The molecule has 0 aliphatic carbocycles. The van der Waals surface area contributed by atoms with Crippen LogP contribution in [0.4, 0.5) is 11.4 Å². The van der Waals surface area contributed by atoms with Crippen molar-refractivity contribution in [2.75, 3.05) is 29.6 Å². The predicted molar refractivity (Wildman–Crippen MR) is 173 cm³/mol. The first-order valence-electron chi connectivity index (χ1n) is 13.4. The maximum atomic E-state index is 5.48. The van der Waals surface area contributed by atoms with E-state index in [0.717, 1.165) is 19.8 Å². The van der Waals surface area contributed by atoms with E-state index in [9.17, 15) is 0 Å². The summed E-state index contributed by atoms with van der Waals surface area (Å²) in [4.78, 5) is 9.01. The number of anilines is 2. The van der Waals surface area contributed by atoms with E-state index in [2.05, 4.69) is 107 Å². The first-order valence-corrected chi connectivity index (χ1v) is 13.8. The quantitative estimate of drug-likeness (QED) is 0.241. The number of aromatic nitrogens is 1. The number of nitrogens with zero attached hydrogens (tertiary/aromatic N) is 3. The van der Waals surface area contributed by atoms with Crippen LogP contribution in [0.2, 0.25) is 5.02 Å². The molecule has 0 bridgehead atoms. The summed E-state index contributed by atoms with van der Waals surface area (Å²) in [5.41, 5.74) is 8.90. The van der Waals surface area contributed by atoms with Crippen LogP contribution in [-0.2, 0) is 20.4 Å². The third-order valence-corrected chi connectivity index (χ3v) is 7.15. The van der Waals surface area contributed by atoms with Gasteiger partial charge >= 0.3 is 0 Å². The molecule has 0 amide bonds. The van der Waals surface area contributed by atoms with E-state index in [4.69, 9.17) is 11.6 Å². The zero-order valence-corrected chi connectivity index (χ0v) is 28.5. The van der Waals surface area contributed by atoms with Crippen LogP contribution in [0.5, 0.6) is 0 Å². The zero-order valence-electron chi connectivity index (χ0n) is 24.6. The van der Waals surface area contributed by atoms with Crippen molar-refractivity contribution in [1.82, 2.24) is 4.98 Å². The van der Waals surface area contributed by atoms with E-state index in [-0.39, 0.29) is 45.2 Å². The Balaban J connectivity index is 0.00000126. The summed E-state index contributed by atoms with van der Waals surface area (Å²) in [6.45, 7) is 21.7. The summed E-state index contributed by atoms with van der Waals surface area (Å²) in [7, 11) is 0. The van der Waals surface area contributed by atoms with Crippen LogP contribution in [0.1, 0.15) is 101 Å². The Kier molecular flexibility index (Phi) is 16.9. The minimum atomic E-state index is 0. The molecular weight excluding hydrogens is 639 g/mol. The Morgan fingerprint density at radius 2 is 0.974 bits per heavy atom. The molecule has 220 valence electrons. The largest absolute Gasteiger partial charge is 0.352 e. The van der Waals surface area contributed by atoms with Gasteiger partial charge in [0.25, 0.3) is 0 Å². The van der Waals surface area contributed by atoms with Crippen molar-refractivity contribution in [3.63, 3.8) is 0 Å². The maximum Gasteiger partial charge on any atom is 0.0904 e. The van der Waals surface area contributed by atoms with E-state index in [1.54, 1.807) is 24.5 Å². The van der Waals surface area contributed by atoms with Gasteiger partial charge in [-0.25, -0.2) is 0 Å². The third-order valence-electron chi connectivity index (χ3n) is 6.92. The van der Waals surface area contributed by atoms with Gasteiger partial charge in [-0.05, 0) is 58.1 Å². The molecule has 0 N–H and O–H groups in total. The molecule has 1 fully saturated rings. The Morgan fingerprint density at radius 3 is 1.21 bits per heavy atom. The molecule has 2 aromatic carbocycles. The topological polar surface area (TPSA) is 19.4 Å². The van der Waals surface area contributed by atoms with Crippen LogP contribution in [0.25, 0.3) is 0 Å². The molecule has 3 aromatic rings. The Bertz CT molecular complexity index is 999. The maximum absolute atomic E-state index is 5.48. The van der Waals surface area contributed by atoms with Gasteiger partial charge in [0.15, 0.2) is 0 Å². The molecule has 1 saturated heterocycles. The molecule has 4 rings (SSSR count). The fraction of sp³-hybridized carbons (Fsp3) is 0.469. The van der Waals surface area contributed by atoms with Crippen LogP contribution in [0, 0.1) is 0 Å². The van der Waals surface area contributed by atoms with Crippen LogP contribution in [0.15, 0.2) is 60.9 Å². The molecule has 0 radical (unpaired) electrons. The van der Waals surface area contributed by atoms with Gasteiger partial charge in [-0.1, -0.05) is 103 Å². The number of benzene rings is 2. The average molecular weight is 686 g/mol. The Hall–Kier alpha value is -1.28. The van der Waals surface area contributed by atoms with E-state index in [1.165, 1.54) is 33.6 Å². The molecule has 1 aliphatic rings. The first-order chi connectivity index (χ1) is 17.1. The van der Waals surface area contributed by atoms with Gasteiger partial charge in [-0.2, -0.15) is 0 Å². The van der Waals surface area contributed by atoms with Gasteiger partial charge in [-0.15, -0.1) is 24.8 Å². The van der Waals surface area contributed by atoms with Crippen molar-refractivity contribution >= 4 is 47.8 Å². The smallest absolute Gasteiger partial charge is 0.0904 e. The summed E-state index contributed by atoms with van der Waals surface area (Å²) < 4.78 is 0. The van der Waals surface area contributed by atoms with Gasteiger partial charge in [0.2, 0.25) is 0 Å². The average Bonchev–Trinajstić information content (AvgIpc) is 3.33. The van der Waals surface area contributed by atoms with Crippen LogP contribution in [0.3, 0.4) is 0 Å². The monoisotopic (exact) mass is 683 g/mol. The Morgan fingerprint density at radius 1 is 0.615 bits per heavy atom. The second-order valence-electron chi connectivity index (χ2n) is 11.0. The molecule has 0 saturated carbocycles. The van der Waals surface area contributed by atoms with Gasteiger partial charge in [0.05, 0.1) is 11.7 Å². The summed E-state index contributed by atoms with van der Waals surface area (Å²) in [6.07, 6.45) is 3.29. The van der Waals surface area contributed by atoms with Gasteiger partial charge in [0.1, 0.15) is 0 Å². The van der Waals surface area contributed by atoms with Gasteiger partial charge in [-0.3, -0.25) is 4.98 Å². The second kappa shape index (κ2) is 17.5. The van der Waals surface area contributed by atoms with E-state index < -0.39 is 0 Å². The summed E-state index contributed by atoms with van der Waals surface area (Å²) in [5.74, 6) is 2.14. The predicted octanol–water partition coefficient (Wildman–Crippen LogP) is 10.0. The van der Waals surface area contributed by atoms with E-state index >= 15 is 0 Å². The molecule has 0 unspecified atom stereocenters. The molecule has 1 aromatic heterocycles. The fourth-order valence-corrected chi connectivity index (χ4v) is 5.18.